The summed E-state index contributed by atoms with van der Waals surface area (Å²) in [5, 5.41) is 19.5. The molecule has 0 saturated carbocycles. The summed E-state index contributed by atoms with van der Waals surface area (Å²) in [5.41, 5.74) is 8.82. The maximum atomic E-state index is 14.1. The number of hydrogen-bond donors (Lipinski definition) is 4. The second-order valence-electron chi connectivity index (χ2n) is 21.3. The van der Waals surface area contributed by atoms with Crippen LogP contribution in [-0.2, 0) is 9.31 Å². The van der Waals surface area contributed by atoms with E-state index in [9.17, 15) is 29.0 Å². The summed E-state index contributed by atoms with van der Waals surface area (Å²) in [4.78, 5) is 66.5. The van der Waals surface area contributed by atoms with Crippen molar-refractivity contribution < 1.29 is 47.8 Å². The van der Waals surface area contributed by atoms with E-state index < -0.39 is 43.1 Å². The van der Waals surface area contributed by atoms with Crippen molar-refractivity contribution in [2.45, 2.75) is 133 Å². The zero-order valence-corrected chi connectivity index (χ0v) is 44.8. The van der Waals surface area contributed by atoms with Crippen molar-refractivity contribution in [3.05, 3.63) is 117 Å². The van der Waals surface area contributed by atoms with E-state index in [2.05, 4.69) is 21.3 Å². The standard InChI is InChI=1S/C30H41BN2O6.C24H31BN4O4/c1-11-25(28(3,4)5)33(32-26(35)22-13-12-14-24(37-10)19(22)2)27(36)20-15-16-21(18-34)23(17-20)31-38-29(6,7)30(8,9)39-31;1-7-21(24(3,4)5)29(27-22(30)18-9-8-10-20(33-6)15(18)2)23(31)16-11-12-17-14-26-28-25(32)19(17)13-16/h12-18,25H,11H2,1-10H3,(H,32,35);8-14,21,28,32H,7H2,1-6H3,(H,27,30)/t25-;21-/m11/s1. The largest absolute Gasteiger partial charge is 0.496 e. The topological polar surface area (TPSA) is 197 Å². The molecule has 1 saturated heterocycles. The van der Waals surface area contributed by atoms with Gasteiger partial charge in [-0.3, -0.25) is 34.8 Å². The van der Waals surface area contributed by atoms with Gasteiger partial charge in [0, 0.05) is 38.9 Å². The molecular weight excluding hydrogens is 914 g/mol. The Morgan fingerprint density at radius 2 is 1.15 bits per heavy atom. The molecule has 1 fully saturated rings. The van der Waals surface area contributed by atoms with Gasteiger partial charge in [0.05, 0.1) is 43.7 Å². The van der Waals surface area contributed by atoms with Gasteiger partial charge in [0.15, 0.2) is 0 Å². The molecule has 0 aliphatic carbocycles. The number of nitrogens with one attached hydrogen (secondary N) is 3. The average molecular weight is 987 g/mol. The van der Waals surface area contributed by atoms with Crippen LogP contribution in [0.1, 0.15) is 164 Å². The van der Waals surface area contributed by atoms with Crippen LogP contribution in [0.3, 0.4) is 0 Å². The number of hydrazine groups is 2. The van der Waals surface area contributed by atoms with E-state index in [-0.39, 0.29) is 28.8 Å². The Hall–Kier alpha value is -6.49. The molecule has 0 radical (unpaired) electrons. The van der Waals surface area contributed by atoms with Crippen LogP contribution < -0.4 is 36.6 Å². The third-order valence-electron chi connectivity index (χ3n) is 13.8. The van der Waals surface area contributed by atoms with Gasteiger partial charge in [-0.1, -0.05) is 79.7 Å². The number of benzene rings is 4. The van der Waals surface area contributed by atoms with Crippen LogP contribution in [0.4, 0.5) is 0 Å². The van der Waals surface area contributed by atoms with Gasteiger partial charge in [-0.15, -0.1) is 0 Å². The van der Waals surface area contributed by atoms with E-state index in [1.54, 1.807) is 107 Å². The quantitative estimate of drug-likeness (QED) is 0.0650. The molecule has 4 amide bonds. The van der Waals surface area contributed by atoms with Crippen LogP contribution in [0.25, 0.3) is 0 Å². The minimum atomic E-state index is -1.01. The summed E-state index contributed by atoms with van der Waals surface area (Å²) in [5.74, 6) is -0.391. The van der Waals surface area contributed by atoms with Gasteiger partial charge in [-0.25, -0.2) is 10.0 Å². The van der Waals surface area contributed by atoms with E-state index in [1.165, 1.54) is 10.0 Å². The maximum Gasteiger partial charge on any atom is 0.495 e. The highest BCUT2D eigenvalue weighted by atomic mass is 16.7. The van der Waals surface area contributed by atoms with Crippen LogP contribution in [0, 0.1) is 24.7 Å². The van der Waals surface area contributed by atoms with Crippen molar-refractivity contribution in [1.29, 1.82) is 0 Å². The number of ether oxygens (including phenoxy) is 2. The monoisotopic (exact) mass is 987 g/mol. The number of carbonyl (C=O) groups is 5. The first kappa shape index (κ1) is 56.4. The molecule has 16 nitrogen and oxygen atoms in total. The Balaban J connectivity index is 0.000000271. The zero-order chi connectivity index (χ0) is 53.7. The number of fused-ring (bicyclic) bond motifs is 1. The molecule has 0 bridgehead atoms. The minimum absolute atomic E-state index is 0.277. The number of methoxy groups -OCH3 is 2. The summed E-state index contributed by atoms with van der Waals surface area (Å²) in [6.07, 6.45) is 3.55. The lowest BCUT2D eigenvalue weighted by atomic mass is 9.71. The molecule has 2 aliphatic rings. The predicted molar refractivity (Wildman–Crippen MR) is 282 cm³/mol. The summed E-state index contributed by atoms with van der Waals surface area (Å²) >= 11 is 0. The van der Waals surface area contributed by atoms with Crippen LogP contribution in [0.15, 0.2) is 77.9 Å². The molecule has 6 rings (SSSR count). The lowest BCUT2D eigenvalue weighted by Crippen LogP contribution is -2.56. The van der Waals surface area contributed by atoms with Crippen molar-refractivity contribution >= 4 is 61.2 Å². The number of carbonyl (C=O) groups excluding carboxylic acids is 5. The SMILES string of the molecule is CC[C@@H](N(NC(=O)c1cccc(OC)c1C)C(=O)c1ccc(C=O)c(B2OC(C)(C)C(C)(C)O2)c1)C(C)(C)C.CC[C@@H](N(NC(=O)c1cccc(OC)c1C)C(=O)c1ccc2c(c1)B(O)NN=C2)C(C)(C)C. The lowest BCUT2D eigenvalue weighted by molar-refractivity contribution is 0.00578. The smallest absolute Gasteiger partial charge is 0.495 e. The summed E-state index contributed by atoms with van der Waals surface area (Å²) in [7, 11) is 1.27. The number of aldehydes is 1. The van der Waals surface area contributed by atoms with Crippen LogP contribution in [0.2, 0.25) is 0 Å². The van der Waals surface area contributed by atoms with Gasteiger partial charge in [0.25, 0.3) is 23.6 Å². The van der Waals surface area contributed by atoms with Crippen molar-refractivity contribution in [3.63, 3.8) is 0 Å². The molecule has 2 heterocycles. The Bertz CT molecular complexity index is 2680. The highest BCUT2D eigenvalue weighted by Gasteiger charge is 2.52. The second-order valence-corrected chi connectivity index (χ2v) is 21.3. The van der Waals surface area contributed by atoms with Gasteiger partial charge in [0.2, 0.25) is 0 Å². The molecule has 2 aliphatic heterocycles. The number of hydrazone groups is 1. The maximum absolute atomic E-state index is 14.1. The van der Waals surface area contributed by atoms with Gasteiger partial charge in [-0.05, 0) is 130 Å². The molecule has 384 valence electrons. The molecule has 0 unspecified atom stereocenters. The first-order valence-corrected chi connectivity index (χ1v) is 24.3. The first-order chi connectivity index (χ1) is 33.7. The third-order valence-corrected chi connectivity index (χ3v) is 13.8. The molecule has 4 aromatic rings. The van der Waals surface area contributed by atoms with Crippen LogP contribution in [0.5, 0.6) is 11.5 Å². The number of hydrogen-bond acceptors (Lipinski definition) is 12. The van der Waals surface area contributed by atoms with E-state index in [1.807, 2.05) is 83.1 Å². The minimum Gasteiger partial charge on any atom is -0.496 e. The zero-order valence-electron chi connectivity index (χ0n) is 44.8. The van der Waals surface area contributed by atoms with E-state index in [4.69, 9.17) is 18.8 Å². The molecule has 0 spiro atoms. The molecule has 18 heteroatoms. The molecule has 0 aromatic heterocycles. The highest BCUT2D eigenvalue weighted by molar-refractivity contribution is 6.65. The van der Waals surface area contributed by atoms with Crippen molar-refractivity contribution in [2.75, 3.05) is 14.2 Å². The second kappa shape index (κ2) is 22.5. The van der Waals surface area contributed by atoms with E-state index >= 15 is 0 Å². The Labute approximate surface area is 425 Å². The molecule has 2 atom stereocenters. The first-order valence-electron chi connectivity index (χ1n) is 24.3. The Kier molecular flexibility index (Phi) is 17.6. The predicted octanol–water partition coefficient (Wildman–Crippen LogP) is 6.97. The van der Waals surface area contributed by atoms with Crippen molar-refractivity contribution in [2.24, 2.45) is 15.9 Å². The van der Waals surface area contributed by atoms with Gasteiger partial charge >= 0.3 is 14.2 Å². The van der Waals surface area contributed by atoms with Gasteiger partial charge < -0.3 is 29.1 Å². The van der Waals surface area contributed by atoms with Crippen LogP contribution in [-0.4, -0.2) is 103 Å². The van der Waals surface area contributed by atoms with E-state index in [0.29, 0.717) is 74.2 Å². The van der Waals surface area contributed by atoms with Gasteiger partial charge in [-0.2, -0.15) is 5.10 Å². The lowest BCUT2D eigenvalue weighted by Gasteiger charge is -2.39. The van der Waals surface area contributed by atoms with Crippen molar-refractivity contribution in [1.82, 2.24) is 26.2 Å². The molecule has 4 N–H and O–H groups in total. The fourth-order valence-electron chi connectivity index (χ4n) is 8.98. The number of amides is 4. The number of nitrogens with zero attached hydrogens (tertiary/aromatic N) is 3. The molecule has 72 heavy (non-hydrogen) atoms. The van der Waals surface area contributed by atoms with Gasteiger partial charge in [0.1, 0.15) is 17.8 Å². The van der Waals surface area contributed by atoms with E-state index in [0.717, 1.165) is 11.8 Å². The summed E-state index contributed by atoms with van der Waals surface area (Å²) in [6.45, 7) is 27.4. The molecule has 4 aromatic carbocycles. The average Bonchev–Trinajstić information content (AvgIpc) is 3.55. The fraction of sp³-hybridized carbons (Fsp3) is 0.444. The summed E-state index contributed by atoms with van der Waals surface area (Å²) in [6, 6.07) is 19.7. The normalized spacial score (nSPS) is 15.4. The fourth-order valence-corrected chi connectivity index (χ4v) is 8.98. The number of rotatable bonds is 12. The highest BCUT2D eigenvalue weighted by Crippen LogP contribution is 2.37. The van der Waals surface area contributed by atoms with Crippen molar-refractivity contribution in [3.8, 4) is 11.5 Å². The Morgan fingerprint density at radius 3 is 1.56 bits per heavy atom. The summed E-state index contributed by atoms with van der Waals surface area (Å²) < 4.78 is 23.1. The molecular formula is C54H72B2N6O10. The Morgan fingerprint density at radius 1 is 0.722 bits per heavy atom. The van der Waals surface area contributed by atoms with Crippen LogP contribution >= 0.6 is 0 Å². The third kappa shape index (κ3) is 12.2.